The van der Waals surface area contributed by atoms with E-state index < -0.39 is 0 Å². The second-order valence-electron chi connectivity index (χ2n) is 7.74. The number of fused-ring (bicyclic) bond motifs is 1. The number of carbonyl (C=O) groups is 1. The van der Waals surface area contributed by atoms with E-state index in [0.717, 1.165) is 48.8 Å². The summed E-state index contributed by atoms with van der Waals surface area (Å²) in [5.41, 5.74) is 2.55. The van der Waals surface area contributed by atoms with E-state index in [1.807, 2.05) is 42.5 Å². The van der Waals surface area contributed by atoms with Gasteiger partial charge in [0.1, 0.15) is 5.75 Å². The van der Waals surface area contributed by atoms with Crippen molar-refractivity contribution in [2.75, 3.05) is 7.11 Å². The number of aromatic nitrogens is 1. The van der Waals surface area contributed by atoms with Crippen molar-refractivity contribution in [1.29, 1.82) is 0 Å². The van der Waals surface area contributed by atoms with Gasteiger partial charge in [-0.05, 0) is 49.1 Å². The van der Waals surface area contributed by atoms with Crippen molar-refractivity contribution in [2.45, 2.75) is 44.1 Å². The van der Waals surface area contributed by atoms with Crippen LogP contribution in [0.15, 0.2) is 60.8 Å². The summed E-state index contributed by atoms with van der Waals surface area (Å²) in [6, 6.07) is 18.0. The van der Waals surface area contributed by atoms with Gasteiger partial charge >= 0.3 is 0 Å². The number of hydrogen-bond donors (Lipinski definition) is 1. The van der Waals surface area contributed by atoms with Crippen LogP contribution in [0.3, 0.4) is 0 Å². The Morgan fingerprint density at radius 2 is 1.82 bits per heavy atom. The molecule has 1 saturated carbocycles. The zero-order valence-corrected chi connectivity index (χ0v) is 16.3. The quantitative estimate of drug-likeness (QED) is 0.690. The Kier molecular flexibility index (Phi) is 5.29. The molecule has 1 aromatic heterocycles. The summed E-state index contributed by atoms with van der Waals surface area (Å²) in [6.07, 6.45) is 8.06. The van der Waals surface area contributed by atoms with Crippen LogP contribution in [0.5, 0.6) is 5.75 Å². The number of hydrogen-bond acceptors (Lipinski definition) is 3. The molecular formula is C24H26N2O2. The lowest BCUT2D eigenvalue weighted by molar-refractivity contribution is 0.0868. The van der Waals surface area contributed by atoms with Gasteiger partial charge in [0, 0.05) is 17.1 Å². The average molecular weight is 374 g/mol. The lowest BCUT2D eigenvalue weighted by Crippen LogP contribution is -2.51. The third kappa shape index (κ3) is 4.01. The van der Waals surface area contributed by atoms with E-state index in [1.54, 1.807) is 13.3 Å². The van der Waals surface area contributed by atoms with Gasteiger partial charge in [0.05, 0.1) is 18.2 Å². The van der Waals surface area contributed by atoms with Crippen molar-refractivity contribution < 1.29 is 9.53 Å². The summed E-state index contributed by atoms with van der Waals surface area (Å²) in [6.45, 7) is 0. The highest BCUT2D eigenvalue weighted by atomic mass is 16.5. The summed E-state index contributed by atoms with van der Waals surface area (Å²) in [7, 11) is 1.68. The van der Waals surface area contributed by atoms with Crippen LogP contribution in [0.1, 0.15) is 48.0 Å². The van der Waals surface area contributed by atoms with Gasteiger partial charge in [0.15, 0.2) is 0 Å². The molecule has 1 amide bonds. The summed E-state index contributed by atoms with van der Waals surface area (Å²) in [4.78, 5) is 17.5. The van der Waals surface area contributed by atoms with Crippen molar-refractivity contribution in [3.05, 3.63) is 71.9 Å². The summed E-state index contributed by atoms with van der Waals surface area (Å²) >= 11 is 0. The fourth-order valence-electron chi connectivity index (χ4n) is 4.22. The number of ether oxygens (including phenoxy) is 1. The number of para-hydroxylation sites is 1. The van der Waals surface area contributed by atoms with E-state index in [2.05, 4.69) is 22.4 Å². The SMILES string of the molecule is COc1ccc(CC2(NC(=O)c3cnc4ccccc4c3)CCCCC2)cc1. The van der Waals surface area contributed by atoms with E-state index in [-0.39, 0.29) is 11.4 Å². The van der Waals surface area contributed by atoms with Crippen molar-refractivity contribution >= 4 is 16.8 Å². The van der Waals surface area contributed by atoms with Crippen LogP contribution in [0.25, 0.3) is 10.9 Å². The molecule has 144 valence electrons. The van der Waals surface area contributed by atoms with Crippen LogP contribution >= 0.6 is 0 Å². The van der Waals surface area contributed by atoms with Gasteiger partial charge in [-0.25, -0.2) is 0 Å². The van der Waals surface area contributed by atoms with Gasteiger partial charge in [-0.15, -0.1) is 0 Å². The predicted molar refractivity (Wildman–Crippen MR) is 112 cm³/mol. The minimum atomic E-state index is -0.199. The topological polar surface area (TPSA) is 51.2 Å². The fraction of sp³-hybridized carbons (Fsp3) is 0.333. The Balaban J connectivity index is 1.56. The number of benzene rings is 2. The maximum Gasteiger partial charge on any atom is 0.253 e. The number of nitrogens with one attached hydrogen (secondary N) is 1. The van der Waals surface area contributed by atoms with Crippen LogP contribution in [0.2, 0.25) is 0 Å². The van der Waals surface area contributed by atoms with Crippen molar-refractivity contribution in [1.82, 2.24) is 10.3 Å². The molecule has 0 atom stereocenters. The Bertz CT molecular complexity index is 960. The highest BCUT2D eigenvalue weighted by Crippen LogP contribution is 2.32. The van der Waals surface area contributed by atoms with Gasteiger partial charge in [0.25, 0.3) is 5.91 Å². The maximum absolute atomic E-state index is 13.1. The molecule has 4 nitrogen and oxygen atoms in total. The highest BCUT2D eigenvalue weighted by Gasteiger charge is 2.34. The molecule has 1 aliphatic carbocycles. The molecule has 1 heterocycles. The highest BCUT2D eigenvalue weighted by molar-refractivity contribution is 5.97. The molecular weight excluding hydrogens is 348 g/mol. The van der Waals surface area contributed by atoms with E-state index in [1.165, 1.54) is 12.0 Å². The first-order valence-electron chi connectivity index (χ1n) is 9.98. The lowest BCUT2D eigenvalue weighted by Gasteiger charge is -2.38. The Labute approximate surface area is 165 Å². The number of pyridine rings is 1. The lowest BCUT2D eigenvalue weighted by atomic mass is 9.77. The second-order valence-corrected chi connectivity index (χ2v) is 7.74. The second kappa shape index (κ2) is 8.01. The molecule has 28 heavy (non-hydrogen) atoms. The molecule has 4 rings (SSSR count). The van der Waals surface area contributed by atoms with Crippen molar-refractivity contribution in [2.24, 2.45) is 0 Å². The molecule has 0 radical (unpaired) electrons. The van der Waals surface area contributed by atoms with Crippen molar-refractivity contribution in [3.8, 4) is 5.75 Å². The Morgan fingerprint density at radius 1 is 1.07 bits per heavy atom. The summed E-state index contributed by atoms with van der Waals surface area (Å²) in [5.74, 6) is 0.821. The minimum Gasteiger partial charge on any atom is -0.497 e. The summed E-state index contributed by atoms with van der Waals surface area (Å²) < 4.78 is 5.27. The monoisotopic (exact) mass is 374 g/mol. The van der Waals surface area contributed by atoms with Crippen LogP contribution in [-0.4, -0.2) is 23.5 Å². The fourth-order valence-corrected chi connectivity index (χ4v) is 4.22. The number of nitrogens with zero attached hydrogens (tertiary/aromatic N) is 1. The molecule has 3 aromatic rings. The number of amides is 1. The molecule has 0 spiro atoms. The molecule has 1 fully saturated rings. The molecule has 1 aliphatic rings. The molecule has 1 N–H and O–H groups in total. The zero-order chi connectivity index (χ0) is 19.4. The molecule has 2 aromatic carbocycles. The number of carbonyl (C=O) groups excluding carboxylic acids is 1. The Hall–Kier alpha value is -2.88. The molecule has 0 bridgehead atoms. The molecule has 0 aliphatic heterocycles. The largest absolute Gasteiger partial charge is 0.497 e. The van der Waals surface area contributed by atoms with Gasteiger partial charge < -0.3 is 10.1 Å². The third-order valence-corrected chi connectivity index (χ3v) is 5.74. The van der Waals surface area contributed by atoms with E-state index in [0.29, 0.717) is 5.56 Å². The van der Waals surface area contributed by atoms with Gasteiger partial charge in [-0.3, -0.25) is 9.78 Å². The normalized spacial score (nSPS) is 15.9. The third-order valence-electron chi connectivity index (χ3n) is 5.74. The first-order valence-corrected chi connectivity index (χ1v) is 9.98. The molecule has 4 heteroatoms. The average Bonchev–Trinajstić information content (AvgIpc) is 2.74. The van der Waals surface area contributed by atoms with Crippen LogP contribution in [0.4, 0.5) is 0 Å². The van der Waals surface area contributed by atoms with Crippen LogP contribution in [0, 0.1) is 0 Å². The minimum absolute atomic E-state index is 0.0336. The first kappa shape index (κ1) is 18.5. The van der Waals surface area contributed by atoms with Gasteiger partial charge in [-0.2, -0.15) is 0 Å². The van der Waals surface area contributed by atoms with E-state index in [9.17, 15) is 4.79 Å². The molecule has 0 unspecified atom stereocenters. The van der Waals surface area contributed by atoms with Gasteiger partial charge in [-0.1, -0.05) is 49.6 Å². The van der Waals surface area contributed by atoms with Crippen molar-refractivity contribution in [3.63, 3.8) is 0 Å². The molecule has 0 saturated heterocycles. The van der Waals surface area contributed by atoms with E-state index in [4.69, 9.17) is 4.74 Å². The number of rotatable bonds is 5. The smallest absolute Gasteiger partial charge is 0.253 e. The van der Waals surface area contributed by atoms with E-state index >= 15 is 0 Å². The maximum atomic E-state index is 13.1. The first-order chi connectivity index (χ1) is 13.7. The standard InChI is InChI=1S/C24H26N2O2/c1-28-21-11-9-18(10-12-21)16-24(13-5-2-6-14-24)26-23(27)20-15-19-7-3-4-8-22(19)25-17-20/h3-4,7-12,15,17H,2,5-6,13-14,16H2,1H3,(H,26,27). The zero-order valence-electron chi connectivity index (χ0n) is 16.3. The van der Waals surface area contributed by atoms with Crippen LogP contribution in [-0.2, 0) is 6.42 Å². The van der Waals surface area contributed by atoms with Crippen LogP contribution < -0.4 is 10.1 Å². The van der Waals surface area contributed by atoms with Gasteiger partial charge in [0.2, 0.25) is 0 Å². The predicted octanol–water partition coefficient (Wildman–Crippen LogP) is 4.92. The number of methoxy groups -OCH3 is 1. The summed E-state index contributed by atoms with van der Waals surface area (Å²) in [5, 5.41) is 4.37. The Morgan fingerprint density at radius 3 is 2.57 bits per heavy atom.